The Morgan fingerprint density at radius 1 is 1.13 bits per heavy atom. The van der Waals surface area contributed by atoms with Crippen molar-refractivity contribution in [2.24, 2.45) is 0 Å². The highest BCUT2D eigenvalue weighted by molar-refractivity contribution is 14.1. The summed E-state index contributed by atoms with van der Waals surface area (Å²) in [6.07, 6.45) is 1.51. The van der Waals surface area contributed by atoms with E-state index in [1.54, 1.807) is 18.2 Å². The van der Waals surface area contributed by atoms with Crippen molar-refractivity contribution in [2.45, 2.75) is 6.54 Å². The molecule has 0 aliphatic carbocycles. The normalized spacial score (nSPS) is 15.2. The van der Waals surface area contributed by atoms with Gasteiger partial charge in [-0.1, -0.05) is 23.7 Å². The molecule has 3 aromatic rings. The molecule has 156 valence electrons. The number of rotatable bonds is 5. The molecule has 31 heavy (non-hydrogen) atoms. The second-order valence-corrected chi connectivity index (χ2v) is 9.24. The fourth-order valence-electron chi connectivity index (χ4n) is 2.97. The zero-order valence-electron chi connectivity index (χ0n) is 15.7. The van der Waals surface area contributed by atoms with Crippen molar-refractivity contribution in [3.05, 3.63) is 85.0 Å². The number of hydrogen-bond donors (Lipinski definition) is 1. The Balaban J connectivity index is 1.55. The Morgan fingerprint density at radius 3 is 2.58 bits per heavy atom. The van der Waals surface area contributed by atoms with Gasteiger partial charge >= 0.3 is 5.97 Å². The molecule has 0 unspecified atom stereocenters. The molecule has 9 heteroatoms. The van der Waals surface area contributed by atoms with Gasteiger partial charge in [0.1, 0.15) is 11.5 Å². The minimum atomic E-state index is -1.14. The van der Waals surface area contributed by atoms with Gasteiger partial charge in [-0.25, -0.2) is 4.79 Å². The molecule has 0 saturated carbocycles. The molecule has 4 rings (SSSR count). The highest BCUT2D eigenvalue weighted by Crippen LogP contribution is 2.34. The smallest absolute Gasteiger partial charge is 0.337 e. The van der Waals surface area contributed by atoms with Crippen molar-refractivity contribution >= 4 is 69.1 Å². The summed E-state index contributed by atoms with van der Waals surface area (Å²) in [6.45, 7) is 0.199. The molecule has 2 amide bonds. The van der Waals surface area contributed by atoms with Crippen molar-refractivity contribution in [3.63, 3.8) is 0 Å². The molecular weight excluding hydrogens is 553 g/mol. The lowest BCUT2D eigenvalue weighted by Gasteiger charge is -2.12. The van der Waals surface area contributed by atoms with E-state index >= 15 is 0 Å². The maximum atomic E-state index is 12.7. The highest BCUT2D eigenvalue weighted by Gasteiger charge is 2.35. The molecule has 2 aromatic carbocycles. The van der Waals surface area contributed by atoms with Crippen LogP contribution in [0.1, 0.15) is 21.7 Å². The zero-order valence-corrected chi connectivity index (χ0v) is 19.4. The molecule has 1 aliphatic heterocycles. The van der Waals surface area contributed by atoms with Crippen molar-refractivity contribution < 1.29 is 23.9 Å². The third-order valence-corrected chi connectivity index (χ3v) is 6.47. The first kappa shape index (κ1) is 21.7. The lowest BCUT2D eigenvalue weighted by molar-refractivity contribution is -0.123. The minimum Gasteiger partial charge on any atom is -0.478 e. The third-order valence-electron chi connectivity index (χ3n) is 4.51. The largest absolute Gasteiger partial charge is 0.478 e. The van der Waals surface area contributed by atoms with Crippen molar-refractivity contribution in [1.29, 1.82) is 0 Å². The van der Waals surface area contributed by atoms with Gasteiger partial charge in [-0.3, -0.25) is 14.5 Å². The third kappa shape index (κ3) is 4.70. The summed E-state index contributed by atoms with van der Waals surface area (Å²) in [7, 11) is 0. The second-order valence-electron chi connectivity index (χ2n) is 6.60. The first-order valence-corrected chi connectivity index (χ1v) is 11.2. The number of halogens is 2. The Bertz CT molecular complexity index is 1230. The first-order chi connectivity index (χ1) is 14.8. The maximum Gasteiger partial charge on any atom is 0.337 e. The fraction of sp³-hybridized carbons (Fsp3) is 0.0455. The summed E-state index contributed by atoms with van der Waals surface area (Å²) >= 11 is 8.95. The van der Waals surface area contributed by atoms with Crippen LogP contribution in [0.5, 0.6) is 0 Å². The van der Waals surface area contributed by atoms with Crippen molar-refractivity contribution in [3.8, 4) is 11.3 Å². The Kier molecular flexibility index (Phi) is 6.22. The Morgan fingerprint density at radius 2 is 1.87 bits per heavy atom. The van der Waals surface area contributed by atoms with Crippen LogP contribution in [0, 0.1) is 3.57 Å². The van der Waals surface area contributed by atoms with Gasteiger partial charge in [0.25, 0.3) is 11.1 Å². The quantitative estimate of drug-likeness (QED) is 0.295. The van der Waals surface area contributed by atoms with E-state index in [-0.39, 0.29) is 33.2 Å². The second kappa shape index (κ2) is 8.89. The number of thioether (sulfide) groups is 1. The van der Waals surface area contributed by atoms with Crippen LogP contribution in [0.2, 0.25) is 5.02 Å². The number of amides is 2. The van der Waals surface area contributed by atoms with E-state index in [0.717, 1.165) is 20.9 Å². The predicted molar refractivity (Wildman–Crippen MR) is 127 cm³/mol. The molecule has 1 saturated heterocycles. The van der Waals surface area contributed by atoms with E-state index in [2.05, 4.69) is 22.6 Å². The molecule has 0 atom stereocenters. The topological polar surface area (TPSA) is 87.8 Å². The predicted octanol–water partition coefficient (Wildman–Crippen LogP) is 6.14. The van der Waals surface area contributed by atoms with Gasteiger partial charge in [0, 0.05) is 15.2 Å². The fourth-order valence-corrected chi connectivity index (χ4v) is 4.34. The van der Waals surface area contributed by atoms with Crippen LogP contribution in [0.3, 0.4) is 0 Å². The van der Waals surface area contributed by atoms with Crippen molar-refractivity contribution in [2.75, 3.05) is 0 Å². The van der Waals surface area contributed by atoms with Gasteiger partial charge < -0.3 is 9.52 Å². The monoisotopic (exact) mass is 565 g/mol. The summed E-state index contributed by atoms with van der Waals surface area (Å²) in [5.74, 6) is -0.725. The SMILES string of the molecule is O=C(O)c1cc(-c2ccc(/C=C3/SC(=O)N(Cc4ccc(I)cc4)C3=O)o2)ccc1Cl. The van der Waals surface area contributed by atoms with Crippen LogP contribution in [0.4, 0.5) is 4.79 Å². The van der Waals surface area contributed by atoms with E-state index in [0.29, 0.717) is 17.1 Å². The van der Waals surface area contributed by atoms with Crippen LogP contribution in [-0.2, 0) is 11.3 Å². The molecule has 0 bridgehead atoms. The van der Waals surface area contributed by atoms with Gasteiger partial charge in [0.2, 0.25) is 0 Å². The zero-order chi connectivity index (χ0) is 22.1. The summed E-state index contributed by atoms with van der Waals surface area (Å²) in [5.41, 5.74) is 1.36. The molecule has 0 spiro atoms. The number of imide groups is 1. The highest BCUT2D eigenvalue weighted by atomic mass is 127. The molecule has 1 N–H and O–H groups in total. The van der Waals surface area contributed by atoms with Gasteiger partial charge in [0.15, 0.2) is 0 Å². The minimum absolute atomic E-state index is 0.0335. The first-order valence-electron chi connectivity index (χ1n) is 8.94. The van der Waals surface area contributed by atoms with E-state index in [4.69, 9.17) is 16.0 Å². The number of furan rings is 1. The standard InChI is InChI=1S/C22H13ClINO5S/c23-17-7-3-13(9-16(17)21(27)28)18-8-6-15(30-18)10-19-20(26)25(22(29)31-19)11-12-1-4-14(24)5-2-12/h1-10H,11H2,(H,27,28)/b19-10+. The van der Waals surface area contributed by atoms with Gasteiger partial charge in [0.05, 0.1) is 22.0 Å². The lowest BCUT2D eigenvalue weighted by Crippen LogP contribution is -2.27. The molecule has 1 fully saturated rings. The van der Waals surface area contributed by atoms with E-state index in [9.17, 15) is 19.5 Å². The van der Waals surface area contributed by atoms with Gasteiger partial charge in [-0.05, 0) is 82.4 Å². The number of benzene rings is 2. The average Bonchev–Trinajstić information content (AvgIpc) is 3.30. The molecule has 0 radical (unpaired) electrons. The van der Waals surface area contributed by atoms with E-state index < -0.39 is 5.97 Å². The number of nitrogens with zero attached hydrogens (tertiary/aromatic N) is 1. The summed E-state index contributed by atoms with van der Waals surface area (Å²) < 4.78 is 6.82. The van der Waals surface area contributed by atoms with E-state index in [1.807, 2.05) is 24.3 Å². The number of carbonyl (C=O) groups excluding carboxylic acids is 2. The molecule has 2 heterocycles. The van der Waals surface area contributed by atoms with Crippen LogP contribution < -0.4 is 0 Å². The number of carboxylic acids is 1. The number of aromatic carboxylic acids is 1. The van der Waals surface area contributed by atoms with Crippen LogP contribution >= 0.6 is 46.0 Å². The van der Waals surface area contributed by atoms with E-state index in [1.165, 1.54) is 23.1 Å². The van der Waals surface area contributed by atoms with Gasteiger partial charge in [-0.2, -0.15) is 0 Å². The van der Waals surface area contributed by atoms with Crippen LogP contribution in [0.15, 0.2) is 63.9 Å². The summed E-state index contributed by atoms with van der Waals surface area (Å²) in [4.78, 5) is 37.8. The molecule has 1 aliphatic rings. The average molecular weight is 566 g/mol. The van der Waals surface area contributed by atoms with Crippen LogP contribution in [0.25, 0.3) is 17.4 Å². The Labute approximate surface area is 200 Å². The summed E-state index contributed by atoms with van der Waals surface area (Å²) in [6, 6.07) is 15.5. The Hall–Kier alpha value is -2.56. The number of hydrogen-bond acceptors (Lipinski definition) is 5. The molecule has 6 nitrogen and oxygen atoms in total. The van der Waals surface area contributed by atoms with Crippen LogP contribution in [-0.4, -0.2) is 27.1 Å². The molecular formula is C22H13ClINO5S. The number of carbonyl (C=O) groups is 3. The lowest BCUT2D eigenvalue weighted by atomic mass is 10.1. The molecule has 1 aromatic heterocycles. The summed E-state index contributed by atoms with van der Waals surface area (Å²) in [5, 5.41) is 9.02. The number of carboxylic acid groups (broad SMARTS) is 1. The van der Waals surface area contributed by atoms with Crippen molar-refractivity contribution in [1.82, 2.24) is 4.90 Å². The van der Waals surface area contributed by atoms with Gasteiger partial charge in [-0.15, -0.1) is 0 Å². The maximum absolute atomic E-state index is 12.7.